The van der Waals surface area contributed by atoms with E-state index >= 15 is 0 Å². The number of hydrogen-bond acceptors (Lipinski definition) is 2. The minimum Gasteiger partial charge on any atom is -0.338 e. The average molecular weight is 290 g/mol. The van der Waals surface area contributed by atoms with Crippen molar-refractivity contribution < 1.29 is 4.79 Å². The number of nitrogens with zero attached hydrogens (tertiary/aromatic N) is 1. The van der Waals surface area contributed by atoms with Gasteiger partial charge >= 0.3 is 0 Å². The quantitative estimate of drug-likeness (QED) is 0.828. The lowest BCUT2D eigenvalue weighted by Crippen LogP contribution is -2.31. The normalized spacial score (nSPS) is 10.4. The van der Waals surface area contributed by atoms with Gasteiger partial charge in [-0.25, -0.2) is 0 Å². The Labute approximate surface area is 103 Å². The maximum Gasteiger partial charge on any atom is 0.264 e. The van der Waals surface area contributed by atoms with Gasteiger partial charge in [-0.1, -0.05) is 6.92 Å². The van der Waals surface area contributed by atoms with E-state index in [9.17, 15) is 4.79 Å². The molecule has 0 spiro atoms. The summed E-state index contributed by atoms with van der Waals surface area (Å²) in [7, 11) is 0. The van der Waals surface area contributed by atoms with Gasteiger partial charge in [0.1, 0.15) is 0 Å². The predicted molar refractivity (Wildman–Crippen MR) is 68.6 cm³/mol. The van der Waals surface area contributed by atoms with Crippen molar-refractivity contribution in [3.8, 4) is 0 Å². The molecule has 0 aliphatic carbocycles. The van der Waals surface area contributed by atoms with Crippen LogP contribution in [-0.4, -0.2) is 23.9 Å². The van der Waals surface area contributed by atoms with Gasteiger partial charge in [-0.3, -0.25) is 4.79 Å². The molecule has 0 unspecified atom stereocenters. The minimum absolute atomic E-state index is 0.160. The van der Waals surface area contributed by atoms with E-state index in [-0.39, 0.29) is 5.91 Å². The topological polar surface area (TPSA) is 20.3 Å². The van der Waals surface area contributed by atoms with Crippen molar-refractivity contribution in [1.29, 1.82) is 0 Å². The molecule has 0 aliphatic rings. The van der Waals surface area contributed by atoms with E-state index in [0.29, 0.717) is 0 Å². The largest absolute Gasteiger partial charge is 0.338 e. The second-order valence-electron chi connectivity index (χ2n) is 3.45. The van der Waals surface area contributed by atoms with Crippen LogP contribution >= 0.6 is 27.3 Å². The highest BCUT2D eigenvalue weighted by Gasteiger charge is 2.17. The maximum absolute atomic E-state index is 12.1. The third kappa shape index (κ3) is 3.05. The summed E-state index contributed by atoms with van der Waals surface area (Å²) < 4.78 is 1.02. The van der Waals surface area contributed by atoms with Gasteiger partial charge in [-0.15, -0.1) is 11.3 Å². The number of thiophene rings is 1. The van der Waals surface area contributed by atoms with Gasteiger partial charge in [0, 0.05) is 13.1 Å². The molecular formula is C11H16BrNOS. The van der Waals surface area contributed by atoms with E-state index in [1.165, 1.54) is 11.3 Å². The Bertz CT molecular complexity index is 348. The Hall–Kier alpha value is -0.350. The van der Waals surface area contributed by atoms with E-state index in [2.05, 4.69) is 22.9 Å². The Morgan fingerprint density at radius 3 is 2.60 bits per heavy atom. The maximum atomic E-state index is 12.1. The highest BCUT2D eigenvalue weighted by atomic mass is 79.9. The molecule has 1 rings (SSSR count). The molecule has 0 bridgehead atoms. The molecule has 0 saturated carbocycles. The fraction of sp³-hybridized carbons (Fsp3) is 0.545. The van der Waals surface area contributed by atoms with Gasteiger partial charge in [0.15, 0.2) is 0 Å². The second-order valence-corrected chi connectivity index (χ2v) is 5.88. The van der Waals surface area contributed by atoms with Crippen molar-refractivity contribution in [2.24, 2.45) is 0 Å². The fourth-order valence-electron chi connectivity index (χ4n) is 1.47. The number of amides is 1. The van der Waals surface area contributed by atoms with Crippen LogP contribution in [-0.2, 0) is 0 Å². The SMILES string of the molecule is CCCN(CC)C(=O)c1sc(Br)cc1C. The number of rotatable bonds is 4. The third-order valence-corrected chi connectivity index (χ3v) is 3.97. The zero-order valence-electron chi connectivity index (χ0n) is 9.34. The summed E-state index contributed by atoms with van der Waals surface area (Å²) in [6, 6.07) is 2.00. The van der Waals surface area contributed by atoms with E-state index in [4.69, 9.17) is 0 Å². The first kappa shape index (κ1) is 12.7. The lowest BCUT2D eigenvalue weighted by molar-refractivity contribution is 0.0768. The average Bonchev–Trinajstić information content (AvgIpc) is 2.53. The monoisotopic (exact) mass is 289 g/mol. The molecule has 4 heteroatoms. The summed E-state index contributed by atoms with van der Waals surface area (Å²) >= 11 is 4.93. The number of carbonyl (C=O) groups is 1. The summed E-state index contributed by atoms with van der Waals surface area (Å²) in [5, 5.41) is 0. The van der Waals surface area contributed by atoms with E-state index in [1.807, 2.05) is 24.8 Å². The molecule has 2 nitrogen and oxygen atoms in total. The van der Waals surface area contributed by atoms with Crippen LogP contribution in [0.3, 0.4) is 0 Å². The molecule has 0 aliphatic heterocycles. The van der Waals surface area contributed by atoms with Gasteiger partial charge in [-0.05, 0) is 47.8 Å². The fourth-order valence-corrected chi connectivity index (χ4v) is 3.17. The van der Waals surface area contributed by atoms with Crippen molar-refractivity contribution in [3.63, 3.8) is 0 Å². The highest BCUT2D eigenvalue weighted by molar-refractivity contribution is 9.11. The van der Waals surface area contributed by atoms with Crippen molar-refractivity contribution in [2.45, 2.75) is 27.2 Å². The molecule has 1 aromatic heterocycles. The van der Waals surface area contributed by atoms with Crippen LogP contribution in [0.4, 0.5) is 0 Å². The zero-order chi connectivity index (χ0) is 11.4. The number of halogens is 1. The first-order valence-corrected chi connectivity index (χ1v) is 6.76. The van der Waals surface area contributed by atoms with Gasteiger partial charge in [0.05, 0.1) is 8.66 Å². The molecule has 1 heterocycles. The first-order chi connectivity index (χ1) is 7.10. The van der Waals surface area contributed by atoms with Crippen LogP contribution in [0.25, 0.3) is 0 Å². The Morgan fingerprint density at radius 2 is 2.20 bits per heavy atom. The molecular weight excluding hydrogens is 274 g/mol. The Kier molecular flexibility index (Phi) is 4.80. The third-order valence-electron chi connectivity index (χ3n) is 2.24. The minimum atomic E-state index is 0.160. The van der Waals surface area contributed by atoms with Crippen molar-refractivity contribution in [3.05, 3.63) is 20.3 Å². The van der Waals surface area contributed by atoms with Crippen LogP contribution in [0.5, 0.6) is 0 Å². The lowest BCUT2D eigenvalue weighted by atomic mass is 10.2. The molecule has 84 valence electrons. The van der Waals surface area contributed by atoms with Gasteiger partial charge < -0.3 is 4.90 Å². The Morgan fingerprint density at radius 1 is 1.53 bits per heavy atom. The molecule has 0 fully saturated rings. The summed E-state index contributed by atoms with van der Waals surface area (Å²) in [6.45, 7) is 7.71. The molecule has 15 heavy (non-hydrogen) atoms. The summed E-state index contributed by atoms with van der Waals surface area (Å²) in [4.78, 5) is 14.9. The van der Waals surface area contributed by atoms with Crippen molar-refractivity contribution in [1.82, 2.24) is 4.90 Å². The molecule has 0 N–H and O–H groups in total. The summed E-state index contributed by atoms with van der Waals surface area (Å²) in [5.74, 6) is 0.160. The molecule has 0 radical (unpaired) electrons. The van der Waals surface area contributed by atoms with Crippen LogP contribution in [0.1, 0.15) is 35.5 Å². The lowest BCUT2D eigenvalue weighted by Gasteiger charge is -2.19. The van der Waals surface area contributed by atoms with E-state index < -0.39 is 0 Å². The van der Waals surface area contributed by atoms with Crippen LogP contribution in [0.2, 0.25) is 0 Å². The van der Waals surface area contributed by atoms with Gasteiger partial charge in [0.2, 0.25) is 0 Å². The number of carbonyl (C=O) groups excluding carboxylic acids is 1. The van der Waals surface area contributed by atoms with Gasteiger partial charge in [-0.2, -0.15) is 0 Å². The molecule has 0 saturated heterocycles. The molecule has 1 amide bonds. The van der Waals surface area contributed by atoms with E-state index in [0.717, 1.165) is 33.7 Å². The molecule has 1 aromatic rings. The molecule has 0 aromatic carbocycles. The smallest absolute Gasteiger partial charge is 0.264 e. The highest BCUT2D eigenvalue weighted by Crippen LogP contribution is 2.27. The number of hydrogen-bond donors (Lipinski definition) is 0. The van der Waals surface area contributed by atoms with Crippen molar-refractivity contribution >= 4 is 33.2 Å². The second kappa shape index (κ2) is 5.66. The van der Waals surface area contributed by atoms with Crippen LogP contribution < -0.4 is 0 Å². The standard InChI is InChI=1S/C11H16BrNOS/c1-4-6-13(5-2)11(14)10-8(3)7-9(12)15-10/h7H,4-6H2,1-3H3. The van der Waals surface area contributed by atoms with Gasteiger partial charge in [0.25, 0.3) is 5.91 Å². The van der Waals surface area contributed by atoms with Crippen LogP contribution in [0.15, 0.2) is 9.85 Å². The molecule has 0 atom stereocenters. The zero-order valence-corrected chi connectivity index (χ0v) is 11.7. The predicted octanol–water partition coefficient (Wildman–Crippen LogP) is 3.69. The Balaban J connectivity index is 2.87. The first-order valence-electron chi connectivity index (χ1n) is 5.15. The van der Waals surface area contributed by atoms with E-state index in [1.54, 1.807) is 0 Å². The van der Waals surface area contributed by atoms with Crippen LogP contribution in [0, 0.1) is 6.92 Å². The summed E-state index contributed by atoms with van der Waals surface area (Å²) in [6.07, 6.45) is 1.01. The summed E-state index contributed by atoms with van der Waals surface area (Å²) in [5.41, 5.74) is 1.06. The number of aryl methyl sites for hydroxylation is 1. The van der Waals surface area contributed by atoms with Crippen molar-refractivity contribution in [2.75, 3.05) is 13.1 Å².